The van der Waals surface area contributed by atoms with Gasteiger partial charge in [0.25, 0.3) is 0 Å². The van der Waals surface area contributed by atoms with E-state index in [1.54, 1.807) is 0 Å². The Morgan fingerprint density at radius 3 is 1.23 bits per heavy atom. The number of phosphoric ester groups is 1. The fourth-order valence-corrected chi connectivity index (χ4v) is 9.84. The fraction of sp³-hybridized carbons (Fsp3) is 0.718. The number of allylic oxidation sites excluding steroid dienone is 17. The largest absolute Gasteiger partial charge is 0.472 e. The molecule has 0 saturated carbocycles. The summed E-state index contributed by atoms with van der Waals surface area (Å²) in [7, 11) is 1.46. The molecule has 0 saturated heterocycles. The number of quaternary nitrogens is 1. The number of esters is 1. The number of nitrogens with one attached hydrogen (secondary N) is 1. The molecule has 10 heteroatoms. The summed E-state index contributed by atoms with van der Waals surface area (Å²) < 4.78 is 30.7. The molecular weight excluding hydrogens is 1020 g/mol. The zero-order chi connectivity index (χ0) is 59.3. The molecule has 0 radical (unpaired) electrons. The number of hydrogen-bond acceptors (Lipinski definition) is 6. The molecule has 0 aliphatic carbocycles. The monoisotopic (exact) mass is 1150 g/mol. The third kappa shape index (κ3) is 61.1. The van der Waals surface area contributed by atoms with Gasteiger partial charge in [-0.1, -0.05) is 265 Å². The molecule has 0 spiro atoms. The number of likely N-dealkylation sites (N-methyl/N-ethyl adjacent to an activating group) is 1. The van der Waals surface area contributed by atoms with Crippen molar-refractivity contribution in [3.8, 4) is 0 Å². The van der Waals surface area contributed by atoms with Crippen molar-refractivity contribution in [3.05, 3.63) is 109 Å². The third-order valence-corrected chi connectivity index (χ3v) is 15.2. The second kappa shape index (κ2) is 59.8. The number of carbonyl (C=O) groups excluding carboxylic acids is 2. The number of amides is 1. The van der Waals surface area contributed by atoms with E-state index in [0.29, 0.717) is 23.9 Å². The average molecular weight is 1150 g/mol. The van der Waals surface area contributed by atoms with E-state index >= 15 is 0 Å². The Morgan fingerprint density at radius 1 is 0.444 bits per heavy atom. The summed E-state index contributed by atoms with van der Waals surface area (Å²) in [5, 5.41) is 3.05. The zero-order valence-corrected chi connectivity index (χ0v) is 54.1. The highest BCUT2D eigenvalue weighted by Crippen LogP contribution is 2.43. The van der Waals surface area contributed by atoms with Crippen LogP contribution in [-0.4, -0.2) is 74.3 Å². The number of hydrogen-bond donors (Lipinski definition) is 2. The van der Waals surface area contributed by atoms with Gasteiger partial charge in [-0.25, -0.2) is 4.57 Å². The van der Waals surface area contributed by atoms with Gasteiger partial charge in [0.05, 0.1) is 33.8 Å². The van der Waals surface area contributed by atoms with Crippen LogP contribution in [0.1, 0.15) is 278 Å². The maximum Gasteiger partial charge on any atom is 0.472 e. The van der Waals surface area contributed by atoms with Crippen LogP contribution in [0.25, 0.3) is 0 Å². The minimum absolute atomic E-state index is 0.0264. The van der Waals surface area contributed by atoms with Gasteiger partial charge < -0.3 is 19.4 Å². The van der Waals surface area contributed by atoms with Crippen LogP contribution in [0.5, 0.6) is 0 Å². The van der Waals surface area contributed by atoms with Crippen molar-refractivity contribution >= 4 is 19.7 Å². The lowest BCUT2D eigenvalue weighted by Gasteiger charge is -2.27. The van der Waals surface area contributed by atoms with Crippen LogP contribution < -0.4 is 5.32 Å². The molecule has 2 N–H and O–H groups in total. The quantitative estimate of drug-likeness (QED) is 0.0205. The Labute approximate surface area is 500 Å². The van der Waals surface area contributed by atoms with Crippen LogP contribution in [0.4, 0.5) is 0 Å². The van der Waals surface area contributed by atoms with E-state index in [9.17, 15) is 19.0 Å². The number of carbonyl (C=O) groups is 2. The summed E-state index contributed by atoms with van der Waals surface area (Å²) in [5.74, 6) is -0.576. The van der Waals surface area contributed by atoms with Gasteiger partial charge in [-0.15, -0.1) is 0 Å². The van der Waals surface area contributed by atoms with Crippen molar-refractivity contribution < 1.29 is 37.3 Å². The minimum Gasteiger partial charge on any atom is -0.456 e. The van der Waals surface area contributed by atoms with Crippen molar-refractivity contribution in [2.75, 3.05) is 40.9 Å². The predicted octanol–water partition coefficient (Wildman–Crippen LogP) is 20.9. The van der Waals surface area contributed by atoms with Crippen LogP contribution in [0.3, 0.4) is 0 Å². The van der Waals surface area contributed by atoms with Crippen molar-refractivity contribution in [3.63, 3.8) is 0 Å². The lowest BCUT2D eigenvalue weighted by molar-refractivity contribution is -0.870. The maximum atomic E-state index is 13.6. The average Bonchev–Trinajstić information content (AvgIpc) is 3.44. The van der Waals surface area contributed by atoms with E-state index < -0.39 is 20.0 Å². The minimum atomic E-state index is -4.47. The van der Waals surface area contributed by atoms with Gasteiger partial charge >= 0.3 is 13.8 Å². The second-order valence-electron chi connectivity index (χ2n) is 23.3. The molecule has 9 nitrogen and oxygen atoms in total. The molecule has 0 heterocycles. The highest BCUT2D eigenvalue weighted by atomic mass is 31.2. The third-order valence-electron chi connectivity index (χ3n) is 14.2. The molecule has 0 aliphatic rings. The summed E-state index contributed by atoms with van der Waals surface area (Å²) in [6.45, 7) is 6.84. The molecule has 81 heavy (non-hydrogen) atoms. The van der Waals surface area contributed by atoms with Gasteiger partial charge in [-0.05, 0) is 109 Å². The molecular formula is C71H126N2O7P+. The molecule has 1 amide bonds. The van der Waals surface area contributed by atoms with Crippen molar-refractivity contribution in [1.82, 2.24) is 5.32 Å². The van der Waals surface area contributed by atoms with Crippen molar-refractivity contribution in [1.29, 1.82) is 0 Å². The number of unbranched alkanes of at least 4 members (excludes halogenated alkanes) is 27. The van der Waals surface area contributed by atoms with Crippen LogP contribution in [0, 0.1) is 0 Å². The van der Waals surface area contributed by atoms with E-state index in [2.05, 4.69) is 123 Å². The van der Waals surface area contributed by atoms with Gasteiger partial charge in [0.2, 0.25) is 5.91 Å². The molecule has 3 atom stereocenters. The lowest BCUT2D eigenvalue weighted by Crippen LogP contribution is -2.47. The van der Waals surface area contributed by atoms with Crippen molar-refractivity contribution in [2.45, 2.75) is 290 Å². The first-order chi connectivity index (χ1) is 39.4. The van der Waals surface area contributed by atoms with Crippen LogP contribution in [0.15, 0.2) is 109 Å². The molecule has 0 rings (SSSR count). The predicted molar refractivity (Wildman–Crippen MR) is 350 cm³/mol. The topological polar surface area (TPSA) is 111 Å². The first-order valence-corrected chi connectivity index (χ1v) is 34.7. The number of nitrogens with zero attached hydrogens (tertiary/aromatic N) is 1. The van der Waals surface area contributed by atoms with E-state index in [4.69, 9.17) is 13.8 Å². The Bertz CT molecular complexity index is 1750. The molecule has 0 aromatic heterocycles. The van der Waals surface area contributed by atoms with E-state index in [0.717, 1.165) is 96.3 Å². The SMILES string of the molecule is CC/C=C\C/C=C\C/C=C\C/C=C\C/C=C\CCCC(=O)OC(/C=C\CCCCCCCCCCCCC)C(COP(=O)(O)OCC[N+](C)(C)C)NC(=O)CCCCCCCCCCCCCC/C=C\C/C=C\C/C=C\CCCCC. The smallest absolute Gasteiger partial charge is 0.456 e. The number of rotatable bonds is 59. The standard InChI is InChI=1S/C71H125N2O7P/c1-7-10-13-16-19-22-25-28-30-32-33-34-35-36-37-38-39-41-42-45-48-51-54-57-60-63-70(74)72-68(67-79-81(76,77)78-66-65-73(4,5)6)69(62-59-56-53-50-47-44-27-24-21-18-15-12-9-3)80-71(75)64-61-58-55-52-49-46-43-40-31-29-26-23-20-17-14-11-8-2/h11,14,19-20,22-23,28-31,33-34,43,46,52,55,59,62,68-69H,7-10,12-13,15-18,21,24-27,32,35-42,44-45,47-51,53-54,56-58,60-61,63-67H2,1-6H3,(H-,72,74,76,77)/p+1/b14-11-,22-19-,23-20-,30-28-,31-29-,34-33-,46-43-,55-52-,62-59-. The number of ether oxygens (including phenoxy) is 1. The summed E-state index contributed by atoms with van der Waals surface area (Å²) in [4.78, 5) is 37.8. The van der Waals surface area contributed by atoms with Gasteiger partial charge in [-0.3, -0.25) is 18.6 Å². The fourth-order valence-electron chi connectivity index (χ4n) is 9.10. The summed E-state index contributed by atoms with van der Waals surface area (Å²) in [6.07, 6.45) is 82.4. The van der Waals surface area contributed by atoms with E-state index in [1.165, 1.54) is 141 Å². The summed E-state index contributed by atoms with van der Waals surface area (Å²) in [6, 6.07) is -0.879. The molecule has 0 fully saturated rings. The molecule has 0 aromatic rings. The zero-order valence-electron chi connectivity index (χ0n) is 53.2. The van der Waals surface area contributed by atoms with Gasteiger partial charge in [0.1, 0.15) is 19.3 Å². The van der Waals surface area contributed by atoms with E-state index in [-0.39, 0.29) is 31.5 Å². The van der Waals surface area contributed by atoms with Gasteiger partial charge in [0, 0.05) is 12.8 Å². The van der Waals surface area contributed by atoms with Gasteiger partial charge in [0.15, 0.2) is 0 Å². The van der Waals surface area contributed by atoms with Crippen LogP contribution >= 0.6 is 7.82 Å². The summed E-state index contributed by atoms with van der Waals surface area (Å²) in [5.41, 5.74) is 0. The van der Waals surface area contributed by atoms with Crippen LogP contribution in [-0.2, 0) is 27.9 Å². The molecule has 3 unspecified atom stereocenters. The highest BCUT2D eigenvalue weighted by Gasteiger charge is 2.30. The van der Waals surface area contributed by atoms with Crippen LogP contribution in [0.2, 0.25) is 0 Å². The molecule has 466 valence electrons. The summed E-state index contributed by atoms with van der Waals surface area (Å²) >= 11 is 0. The van der Waals surface area contributed by atoms with Crippen molar-refractivity contribution in [2.24, 2.45) is 0 Å². The second-order valence-corrected chi connectivity index (χ2v) is 24.7. The molecule has 0 aliphatic heterocycles. The Kier molecular flexibility index (Phi) is 57.4. The highest BCUT2D eigenvalue weighted by molar-refractivity contribution is 7.47. The molecule has 0 bridgehead atoms. The van der Waals surface area contributed by atoms with E-state index in [1.807, 2.05) is 33.3 Å². The Hall–Kier alpha value is -3.33. The first kappa shape index (κ1) is 77.7. The molecule has 0 aromatic carbocycles. The lowest BCUT2D eigenvalue weighted by atomic mass is 10.0. The first-order valence-electron chi connectivity index (χ1n) is 33.2. The Balaban J connectivity index is 5.23. The number of phosphoric acid groups is 1. The normalized spacial score (nSPS) is 14.3. The maximum absolute atomic E-state index is 13.6. The van der Waals surface area contributed by atoms with Gasteiger partial charge in [-0.2, -0.15) is 0 Å². The Morgan fingerprint density at radius 2 is 0.802 bits per heavy atom.